The summed E-state index contributed by atoms with van der Waals surface area (Å²) < 4.78 is 0. The van der Waals surface area contributed by atoms with Crippen molar-refractivity contribution in [2.45, 2.75) is 26.4 Å². The first-order chi connectivity index (χ1) is 7.92. The van der Waals surface area contributed by atoms with E-state index in [1.54, 1.807) is 0 Å². The highest BCUT2D eigenvalue weighted by Gasteiger charge is 2.33. The molecule has 0 fully saturated rings. The van der Waals surface area contributed by atoms with E-state index in [0.29, 0.717) is 5.96 Å². The van der Waals surface area contributed by atoms with Gasteiger partial charge in [0.25, 0.3) is 0 Å². The van der Waals surface area contributed by atoms with E-state index in [9.17, 15) is 0 Å². The van der Waals surface area contributed by atoms with Crippen LogP contribution in [0.4, 0.5) is 5.69 Å². The third kappa shape index (κ3) is 2.41. The molecule has 0 aliphatic carbocycles. The fourth-order valence-corrected chi connectivity index (χ4v) is 2.04. The van der Waals surface area contributed by atoms with Crippen LogP contribution in [0.3, 0.4) is 0 Å². The van der Waals surface area contributed by atoms with Gasteiger partial charge in [0.05, 0.1) is 0 Å². The number of benzene rings is 1. The summed E-state index contributed by atoms with van der Waals surface area (Å²) in [6.45, 7) is 5.93. The summed E-state index contributed by atoms with van der Waals surface area (Å²) in [7, 11) is 0. The van der Waals surface area contributed by atoms with Crippen LogP contribution in [0.25, 0.3) is 0 Å². The normalized spacial score (nSPS) is 17.6. The molecule has 0 atom stereocenters. The average Bonchev–Trinajstić information content (AvgIpc) is 2.18. The van der Waals surface area contributed by atoms with Gasteiger partial charge in [-0.25, -0.2) is 4.99 Å². The van der Waals surface area contributed by atoms with Crippen LogP contribution in [-0.2, 0) is 0 Å². The van der Waals surface area contributed by atoms with Gasteiger partial charge >= 0.3 is 1.43 Å². The summed E-state index contributed by atoms with van der Waals surface area (Å²) in [5.74, 6) is 0.592. The zero-order chi connectivity index (χ0) is 12.6. The van der Waals surface area contributed by atoms with E-state index in [4.69, 9.17) is 11.5 Å². The second kappa shape index (κ2) is 4.86. The number of halogens is 1. The number of rotatable bonds is 1. The van der Waals surface area contributed by atoms with Gasteiger partial charge in [-0.1, -0.05) is 18.2 Å². The monoisotopic (exact) mass is 267 g/mol. The second-order valence-corrected chi connectivity index (χ2v) is 4.56. The standard InChI is InChI=1S/C12H17N5.ClH/c1-8-6-4-5-7-9(8)17-11(14)15-10(13)16-12(17,2)3;/h4-7H,1-3H3,(H4,13,14,15,16);1H. The molecule has 18 heavy (non-hydrogen) atoms. The van der Waals surface area contributed by atoms with Gasteiger partial charge in [0.1, 0.15) is 5.66 Å². The fourth-order valence-electron chi connectivity index (χ4n) is 2.04. The Morgan fingerprint density at radius 3 is 2.39 bits per heavy atom. The molecule has 98 valence electrons. The van der Waals surface area contributed by atoms with Crippen molar-refractivity contribution in [3.05, 3.63) is 29.8 Å². The van der Waals surface area contributed by atoms with Crippen LogP contribution >= 0.6 is 0 Å². The lowest BCUT2D eigenvalue weighted by Crippen LogP contribution is -3.00. The molecular weight excluding hydrogens is 250 g/mol. The molecule has 0 spiro atoms. The molecule has 0 radical (unpaired) electrons. The Kier molecular flexibility index (Phi) is 3.86. The number of aliphatic imine (C=N–C) groups is 2. The molecule has 2 rings (SSSR count). The zero-order valence-electron chi connectivity index (χ0n) is 11.7. The molecule has 1 aliphatic heterocycles. The van der Waals surface area contributed by atoms with Crippen molar-refractivity contribution >= 4 is 17.6 Å². The molecular formula is C12H18ClN5. The highest BCUT2D eigenvalue weighted by molar-refractivity contribution is 6.05. The summed E-state index contributed by atoms with van der Waals surface area (Å²) in [6, 6.07) is 7.98. The lowest BCUT2D eigenvalue weighted by atomic mass is 10.1. The van der Waals surface area contributed by atoms with Gasteiger partial charge in [0, 0.05) is 5.69 Å². The summed E-state index contributed by atoms with van der Waals surface area (Å²) >= 11 is 0. The predicted octanol–water partition coefficient (Wildman–Crippen LogP) is -1.70. The molecule has 0 saturated carbocycles. The quantitative estimate of drug-likeness (QED) is 0.636. The van der Waals surface area contributed by atoms with Crippen LogP contribution in [0.2, 0.25) is 0 Å². The number of hydrogen-bond acceptors (Lipinski definition) is 5. The van der Waals surface area contributed by atoms with Gasteiger partial charge in [-0.2, -0.15) is 4.99 Å². The third-order valence-corrected chi connectivity index (χ3v) is 2.75. The minimum atomic E-state index is -0.526. The highest BCUT2D eigenvalue weighted by Crippen LogP contribution is 2.29. The Labute approximate surface area is 114 Å². The Morgan fingerprint density at radius 2 is 1.83 bits per heavy atom. The van der Waals surface area contributed by atoms with E-state index in [1.165, 1.54) is 0 Å². The molecule has 6 heteroatoms. The molecule has 1 aromatic rings. The van der Waals surface area contributed by atoms with Crippen LogP contribution in [-0.4, -0.2) is 17.6 Å². The smallest absolute Gasteiger partial charge is 1.00 e. The van der Waals surface area contributed by atoms with Crippen molar-refractivity contribution in [3.8, 4) is 0 Å². The molecule has 1 aromatic carbocycles. The number of nitrogens with zero attached hydrogens (tertiary/aromatic N) is 3. The number of hydrogen-bond donors (Lipinski definition) is 2. The maximum absolute atomic E-state index is 5.96. The van der Waals surface area contributed by atoms with E-state index in [0.717, 1.165) is 11.3 Å². The van der Waals surface area contributed by atoms with E-state index in [2.05, 4.69) is 9.98 Å². The average molecular weight is 268 g/mol. The topological polar surface area (TPSA) is 80.0 Å². The second-order valence-electron chi connectivity index (χ2n) is 4.56. The van der Waals surface area contributed by atoms with E-state index >= 15 is 0 Å². The summed E-state index contributed by atoms with van der Waals surface area (Å²) in [4.78, 5) is 10.2. The van der Waals surface area contributed by atoms with Crippen LogP contribution in [0.15, 0.2) is 34.3 Å². The number of para-hydroxylation sites is 1. The van der Waals surface area contributed by atoms with Gasteiger partial charge in [0.15, 0.2) is 0 Å². The van der Waals surface area contributed by atoms with Crippen molar-refractivity contribution in [1.29, 1.82) is 0 Å². The summed E-state index contributed by atoms with van der Waals surface area (Å²) in [6.07, 6.45) is 0. The molecule has 1 aliphatic rings. The largest absolute Gasteiger partial charge is 1.00 e. The number of aryl methyl sites for hydroxylation is 1. The Morgan fingerprint density at radius 1 is 1.22 bits per heavy atom. The van der Waals surface area contributed by atoms with Crippen molar-refractivity contribution in [1.82, 2.24) is 0 Å². The van der Waals surface area contributed by atoms with E-state index in [1.807, 2.05) is 49.9 Å². The Balaban J connectivity index is 0.00000162. The fraction of sp³-hybridized carbons (Fsp3) is 0.333. The SMILES string of the molecule is Cc1ccccc1N1C(N)=NC(N)=NC1(C)C.[Cl-].[H+]. The third-order valence-electron chi connectivity index (χ3n) is 2.75. The molecule has 5 nitrogen and oxygen atoms in total. The minimum absolute atomic E-state index is 0. The van der Waals surface area contributed by atoms with Crippen LogP contribution in [0.1, 0.15) is 20.8 Å². The molecule has 1 heterocycles. The maximum atomic E-state index is 5.96. The zero-order valence-corrected chi connectivity index (χ0v) is 11.4. The lowest BCUT2D eigenvalue weighted by molar-refractivity contribution is -0.00000451. The molecule has 0 unspecified atom stereocenters. The first-order valence-corrected chi connectivity index (χ1v) is 5.47. The van der Waals surface area contributed by atoms with Crippen molar-refractivity contribution in [3.63, 3.8) is 0 Å². The minimum Gasteiger partial charge on any atom is -1.00 e. The van der Waals surface area contributed by atoms with Gasteiger partial charge < -0.3 is 23.9 Å². The number of nitrogens with two attached hydrogens (primary N) is 2. The van der Waals surface area contributed by atoms with Crippen molar-refractivity contribution in [2.75, 3.05) is 4.90 Å². The van der Waals surface area contributed by atoms with E-state index in [-0.39, 0.29) is 19.8 Å². The summed E-state index contributed by atoms with van der Waals surface area (Å²) in [5, 5.41) is 0. The predicted molar refractivity (Wildman–Crippen MR) is 72.1 cm³/mol. The summed E-state index contributed by atoms with van der Waals surface area (Å²) in [5.41, 5.74) is 13.2. The molecule has 4 N–H and O–H groups in total. The molecule has 0 saturated heterocycles. The van der Waals surface area contributed by atoms with Gasteiger partial charge in [-0.05, 0) is 32.4 Å². The number of guanidine groups is 2. The van der Waals surface area contributed by atoms with Crippen LogP contribution in [0, 0.1) is 6.92 Å². The van der Waals surface area contributed by atoms with Crippen molar-refractivity contribution in [2.24, 2.45) is 21.5 Å². The van der Waals surface area contributed by atoms with E-state index < -0.39 is 5.66 Å². The van der Waals surface area contributed by atoms with Gasteiger partial charge in [-0.3, -0.25) is 4.90 Å². The van der Waals surface area contributed by atoms with Crippen molar-refractivity contribution < 1.29 is 13.8 Å². The van der Waals surface area contributed by atoms with Crippen LogP contribution < -0.4 is 28.8 Å². The number of anilines is 1. The van der Waals surface area contributed by atoms with Gasteiger partial charge in [-0.15, -0.1) is 0 Å². The molecule has 0 bridgehead atoms. The molecule has 0 aromatic heterocycles. The first kappa shape index (κ1) is 14.3. The Hall–Kier alpha value is -1.75. The lowest BCUT2D eigenvalue weighted by Gasteiger charge is -2.39. The maximum Gasteiger partial charge on any atom is 1.00 e. The highest BCUT2D eigenvalue weighted by atomic mass is 35.5. The van der Waals surface area contributed by atoms with Gasteiger partial charge in [0.2, 0.25) is 11.9 Å². The Bertz CT molecular complexity index is 513. The first-order valence-electron chi connectivity index (χ1n) is 5.47. The molecule has 0 amide bonds. The van der Waals surface area contributed by atoms with Crippen LogP contribution in [0.5, 0.6) is 0 Å².